The topological polar surface area (TPSA) is 74.8 Å². The van der Waals surface area contributed by atoms with Gasteiger partial charge in [-0.1, -0.05) is 37.3 Å². The summed E-state index contributed by atoms with van der Waals surface area (Å²) in [5.41, 5.74) is 1.30. The van der Waals surface area contributed by atoms with Crippen LogP contribution in [0.4, 0.5) is 4.79 Å². The summed E-state index contributed by atoms with van der Waals surface area (Å²) in [6, 6.07) is 10.5. The van der Waals surface area contributed by atoms with E-state index >= 15 is 0 Å². The second kappa shape index (κ2) is 12.0. The average molecular weight is 474 g/mol. The van der Waals surface area contributed by atoms with Gasteiger partial charge in [0, 0.05) is 20.1 Å². The summed E-state index contributed by atoms with van der Waals surface area (Å²) in [6.07, 6.45) is 1.95. The summed E-state index contributed by atoms with van der Waals surface area (Å²) in [7, 11) is 1.76. The minimum absolute atomic E-state index is 0. The van der Waals surface area contributed by atoms with Gasteiger partial charge in [-0.15, -0.1) is 24.0 Å². The molecule has 0 heterocycles. The van der Waals surface area contributed by atoms with Gasteiger partial charge in [0.2, 0.25) is 0 Å². The highest BCUT2D eigenvalue weighted by atomic mass is 127. The van der Waals surface area contributed by atoms with Crippen molar-refractivity contribution in [3.05, 3.63) is 35.9 Å². The molecule has 3 N–H and O–H groups in total. The molecule has 0 saturated heterocycles. The monoisotopic (exact) mass is 474 g/mol. The standard InChI is InChI=1S/C19H30N4O2.HI/c1-4-25-19(24)23-17(16-10-11-16)13-22-18(20-3)21-12-14(2)15-8-6-5-7-9-15;/h5-9,14,16-17H,4,10-13H2,1-3H3,(H,23,24)(H2,20,21,22);1H. The molecular formula is C19H31IN4O2. The van der Waals surface area contributed by atoms with Crippen molar-refractivity contribution in [2.45, 2.75) is 38.6 Å². The molecule has 7 heteroatoms. The fraction of sp³-hybridized carbons (Fsp3) is 0.579. The Morgan fingerprint density at radius 3 is 2.46 bits per heavy atom. The Morgan fingerprint density at radius 1 is 1.23 bits per heavy atom. The third kappa shape index (κ3) is 7.80. The number of amides is 1. The summed E-state index contributed by atoms with van der Waals surface area (Å²) in [4.78, 5) is 15.9. The van der Waals surface area contributed by atoms with E-state index < -0.39 is 0 Å². The third-order valence-corrected chi connectivity index (χ3v) is 4.43. The second-order valence-electron chi connectivity index (χ2n) is 6.45. The first-order valence-corrected chi connectivity index (χ1v) is 9.06. The number of ether oxygens (including phenoxy) is 1. The quantitative estimate of drug-likeness (QED) is 0.308. The second-order valence-corrected chi connectivity index (χ2v) is 6.45. The van der Waals surface area contributed by atoms with E-state index in [-0.39, 0.29) is 36.1 Å². The predicted octanol–water partition coefficient (Wildman–Crippen LogP) is 3.10. The van der Waals surface area contributed by atoms with E-state index in [2.05, 4.69) is 52.1 Å². The lowest BCUT2D eigenvalue weighted by atomic mass is 10.0. The molecule has 1 fully saturated rings. The highest BCUT2D eigenvalue weighted by Gasteiger charge is 2.32. The van der Waals surface area contributed by atoms with Crippen LogP contribution in [0, 0.1) is 5.92 Å². The lowest BCUT2D eigenvalue weighted by Gasteiger charge is -2.21. The number of nitrogens with zero attached hydrogens (tertiary/aromatic N) is 1. The van der Waals surface area contributed by atoms with Crippen molar-refractivity contribution >= 4 is 36.0 Å². The Bertz CT molecular complexity index is 564. The first kappa shape index (κ1) is 22.5. The largest absolute Gasteiger partial charge is 0.450 e. The van der Waals surface area contributed by atoms with Crippen molar-refractivity contribution in [2.24, 2.45) is 10.9 Å². The summed E-state index contributed by atoms with van der Waals surface area (Å²) in [6.45, 7) is 5.82. The lowest BCUT2D eigenvalue weighted by Crippen LogP contribution is -2.48. The number of hydrogen-bond acceptors (Lipinski definition) is 3. The molecule has 2 unspecified atom stereocenters. The minimum Gasteiger partial charge on any atom is -0.450 e. The molecular weight excluding hydrogens is 443 g/mol. The van der Waals surface area contributed by atoms with Gasteiger partial charge in [-0.2, -0.15) is 0 Å². The van der Waals surface area contributed by atoms with Crippen LogP contribution in [0.25, 0.3) is 0 Å². The van der Waals surface area contributed by atoms with Crippen LogP contribution in [-0.2, 0) is 4.74 Å². The average Bonchev–Trinajstić information content (AvgIpc) is 3.46. The van der Waals surface area contributed by atoms with E-state index in [1.165, 1.54) is 5.56 Å². The van der Waals surface area contributed by atoms with Crippen molar-refractivity contribution in [3.8, 4) is 0 Å². The number of carbonyl (C=O) groups is 1. The number of halogens is 1. The smallest absolute Gasteiger partial charge is 0.407 e. The molecule has 1 aliphatic carbocycles. The molecule has 0 bridgehead atoms. The maximum atomic E-state index is 11.7. The predicted molar refractivity (Wildman–Crippen MR) is 116 cm³/mol. The van der Waals surface area contributed by atoms with Gasteiger partial charge in [-0.3, -0.25) is 4.99 Å². The number of carbonyl (C=O) groups excluding carboxylic acids is 1. The number of benzene rings is 1. The number of aliphatic imine (C=N–C) groups is 1. The fourth-order valence-electron chi connectivity index (χ4n) is 2.73. The Balaban J connectivity index is 0.00000338. The van der Waals surface area contributed by atoms with Crippen LogP contribution >= 0.6 is 24.0 Å². The molecule has 1 aromatic rings. The Hall–Kier alpha value is -1.51. The third-order valence-electron chi connectivity index (χ3n) is 4.43. The molecule has 0 radical (unpaired) electrons. The summed E-state index contributed by atoms with van der Waals surface area (Å²) >= 11 is 0. The molecule has 0 spiro atoms. The molecule has 2 rings (SSSR count). The molecule has 6 nitrogen and oxygen atoms in total. The van der Waals surface area contributed by atoms with Crippen molar-refractivity contribution in [1.29, 1.82) is 0 Å². The number of alkyl carbamates (subject to hydrolysis) is 1. The van der Waals surface area contributed by atoms with Crippen LogP contribution in [0.2, 0.25) is 0 Å². The lowest BCUT2D eigenvalue weighted by molar-refractivity contribution is 0.146. The zero-order valence-corrected chi connectivity index (χ0v) is 18.2. The molecule has 0 aromatic heterocycles. The first-order valence-electron chi connectivity index (χ1n) is 9.06. The summed E-state index contributed by atoms with van der Waals surface area (Å²) < 4.78 is 4.99. The van der Waals surface area contributed by atoms with Crippen LogP contribution in [0.3, 0.4) is 0 Å². The van der Waals surface area contributed by atoms with Crippen LogP contribution in [0.15, 0.2) is 35.3 Å². The van der Waals surface area contributed by atoms with Crippen molar-refractivity contribution in [1.82, 2.24) is 16.0 Å². The molecule has 1 saturated carbocycles. The summed E-state index contributed by atoms with van der Waals surface area (Å²) in [5.74, 6) is 1.66. The molecule has 146 valence electrons. The maximum Gasteiger partial charge on any atom is 0.407 e. The van der Waals surface area contributed by atoms with Gasteiger partial charge in [0.15, 0.2) is 5.96 Å². The van der Waals surface area contributed by atoms with Gasteiger partial charge in [-0.05, 0) is 37.2 Å². The van der Waals surface area contributed by atoms with E-state index in [0.717, 1.165) is 25.3 Å². The molecule has 1 amide bonds. The SMILES string of the molecule is CCOC(=O)NC(CNC(=NC)NCC(C)c1ccccc1)C1CC1.I. The van der Waals surface area contributed by atoms with E-state index in [9.17, 15) is 4.79 Å². The van der Waals surface area contributed by atoms with Crippen molar-refractivity contribution in [2.75, 3.05) is 26.7 Å². The van der Waals surface area contributed by atoms with Gasteiger partial charge in [0.1, 0.15) is 0 Å². The zero-order chi connectivity index (χ0) is 18.1. The van der Waals surface area contributed by atoms with Crippen molar-refractivity contribution in [3.63, 3.8) is 0 Å². The van der Waals surface area contributed by atoms with E-state index in [1.807, 2.05) is 13.0 Å². The fourth-order valence-corrected chi connectivity index (χ4v) is 2.73. The Morgan fingerprint density at radius 2 is 1.88 bits per heavy atom. The Labute approximate surface area is 173 Å². The van der Waals surface area contributed by atoms with Crippen LogP contribution < -0.4 is 16.0 Å². The van der Waals surface area contributed by atoms with Crippen LogP contribution in [0.1, 0.15) is 38.2 Å². The van der Waals surface area contributed by atoms with Crippen LogP contribution in [0.5, 0.6) is 0 Å². The zero-order valence-electron chi connectivity index (χ0n) is 15.8. The van der Waals surface area contributed by atoms with Gasteiger partial charge >= 0.3 is 6.09 Å². The summed E-state index contributed by atoms with van der Waals surface area (Å²) in [5, 5.41) is 9.61. The number of nitrogens with one attached hydrogen (secondary N) is 3. The van der Waals surface area contributed by atoms with Gasteiger partial charge in [0.05, 0.1) is 12.6 Å². The minimum atomic E-state index is -0.346. The molecule has 1 aromatic carbocycles. The van der Waals surface area contributed by atoms with Gasteiger partial charge in [0.25, 0.3) is 0 Å². The first-order chi connectivity index (χ1) is 12.1. The Kier molecular flexibility index (Phi) is 10.4. The van der Waals surface area contributed by atoms with E-state index in [1.54, 1.807) is 7.05 Å². The van der Waals surface area contributed by atoms with E-state index in [0.29, 0.717) is 25.0 Å². The number of guanidine groups is 1. The molecule has 0 aliphatic heterocycles. The van der Waals surface area contributed by atoms with Crippen LogP contribution in [-0.4, -0.2) is 44.8 Å². The molecule has 2 atom stereocenters. The normalized spacial score (nSPS) is 16.0. The molecule has 1 aliphatic rings. The highest BCUT2D eigenvalue weighted by Crippen LogP contribution is 2.32. The highest BCUT2D eigenvalue weighted by molar-refractivity contribution is 14.0. The van der Waals surface area contributed by atoms with E-state index in [4.69, 9.17) is 4.74 Å². The number of hydrogen-bond donors (Lipinski definition) is 3. The molecule has 26 heavy (non-hydrogen) atoms. The van der Waals surface area contributed by atoms with Gasteiger partial charge in [-0.25, -0.2) is 4.79 Å². The van der Waals surface area contributed by atoms with Crippen molar-refractivity contribution < 1.29 is 9.53 Å². The number of rotatable bonds is 8. The maximum absolute atomic E-state index is 11.7. The van der Waals surface area contributed by atoms with Gasteiger partial charge < -0.3 is 20.7 Å².